The van der Waals surface area contributed by atoms with E-state index in [0.29, 0.717) is 11.6 Å². The number of para-hydroxylation sites is 1. The number of hydrogen-bond acceptors (Lipinski definition) is 4. The zero-order valence-corrected chi connectivity index (χ0v) is 17.7. The quantitative estimate of drug-likeness (QED) is 0.287. The molecule has 0 saturated carbocycles. The lowest BCUT2D eigenvalue weighted by atomic mass is 9.93. The molecule has 4 heteroatoms. The van der Waals surface area contributed by atoms with Crippen molar-refractivity contribution in [3.8, 4) is 11.3 Å². The normalized spacial score (nSPS) is 12.0. The lowest BCUT2D eigenvalue weighted by Crippen LogP contribution is -1.94. The Balaban J connectivity index is 1.72. The second-order valence-corrected chi connectivity index (χ2v) is 8.37. The molecule has 0 bridgehead atoms. The van der Waals surface area contributed by atoms with Crippen molar-refractivity contribution in [2.75, 3.05) is 0 Å². The van der Waals surface area contributed by atoms with Crippen LogP contribution in [0.1, 0.15) is 31.0 Å². The molecule has 0 fully saturated rings. The van der Waals surface area contributed by atoms with Gasteiger partial charge in [-0.25, -0.2) is 15.0 Å². The fourth-order valence-corrected chi connectivity index (χ4v) is 4.58. The Kier molecular flexibility index (Phi) is 3.84. The Labute approximate surface area is 179 Å². The Morgan fingerprint density at radius 2 is 1.65 bits per heavy atom. The fraction of sp³-hybridized carbons (Fsp3) is 0.148. The molecule has 0 radical (unpaired) electrons. The standard InChI is InChI=1S/C27H21N3O/c1-15(2)18-7-4-6-17-11-13-21-24(28-14-29-25(21)23(17)18)22-9-5-8-19-20-12-10-16(3)30-27(20)31-26(19)22/h4-15H,1-3H3. The van der Waals surface area contributed by atoms with Gasteiger partial charge in [0.1, 0.15) is 11.9 Å². The van der Waals surface area contributed by atoms with Crippen molar-refractivity contribution < 1.29 is 4.42 Å². The molecule has 6 rings (SSSR count). The molecule has 0 amide bonds. The van der Waals surface area contributed by atoms with Crippen molar-refractivity contribution in [2.24, 2.45) is 0 Å². The first-order valence-corrected chi connectivity index (χ1v) is 10.6. The van der Waals surface area contributed by atoms with Crippen molar-refractivity contribution in [1.82, 2.24) is 15.0 Å². The molecule has 0 aliphatic rings. The van der Waals surface area contributed by atoms with Crippen LogP contribution in [0, 0.1) is 6.92 Å². The monoisotopic (exact) mass is 403 g/mol. The summed E-state index contributed by atoms with van der Waals surface area (Å²) in [5, 5.41) is 5.50. The van der Waals surface area contributed by atoms with Crippen LogP contribution in [-0.4, -0.2) is 15.0 Å². The number of fused-ring (bicyclic) bond motifs is 6. The molecule has 0 unspecified atom stereocenters. The van der Waals surface area contributed by atoms with E-state index in [1.807, 2.05) is 13.0 Å². The zero-order valence-electron chi connectivity index (χ0n) is 17.7. The minimum absolute atomic E-state index is 0.404. The Morgan fingerprint density at radius 1 is 0.806 bits per heavy atom. The summed E-state index contributed by atoms with van der Waals surface area (Å²) in [5.74, 6) is 0.404. The van der Waals surface area contributed by atoms with Gasteiger partial charge in [-0.3, -0.25) is 0 Å². The lowest BCUT2D eigenvalue weighted by Gasteiger charge is -2.13. The number of hydrogen-bond donors (Lipinski definition) is 0. The van der Waals surface area contributed by atoms with E-state index in [9.17, 15) is 0 Å². The van der Waals surface area contributed by atoms with Gasteiger partial charge in [0.2, 0.25) is 5.71 Å². The number of aromatic nitrogens is 3. The van der Waals surface area contributed by atoms with Gasteiger partial charge in [-0.1, -0.05) is 50.2 Å². The highest BCUT2D eigenvalue weighted by Gasteiger charge is 2.18. The van der Waals surface area contributed by atoms with Gasteiger partial charge in [0.25, 0.3) is 0 Å². The maximum atomic E-state index is 6.25. The van der Waals surface area contributed by atoms with Gasteiger partial charge in [-0.2, -0.15) is 0 Å². The van der Waals surface area contributed by atoms with Gasteiger partial charge in [0, 0.05) is 32.8 Å². The van der Waals surface area contributed by atoms with E-state index in [2.05, 4.69) is 73.4 Å². The molecule has 0 aliphatic heterocycles. The molecular formula is C27H21N3O. The fourth-order valence-electron chi connectivity index (χ4n) is 4.58. The summed E-state index contributed by atoms with van der Waals surface area (Å²) in [6.45, 7) is 6.42. The van der Waals surface area contributed by atoms with E-state index < -0.39 is 0 Å². The molecule has 3 aromatic carbocycles. The molecule has 150 valence electrons. The van der Waals surface area contributed by atoms with Gasteiger partial charge >= 0.3 is 0 Å². The highest BCUT2D eigenvalue weighted by molar-refractivity contribution is 6.14. The Hall–Kier alpha value is -3.79. The van der Waals surface area contributed by atoms with E-state index in [4.69, 9.17) is 14.4 Å². The van der Waals surface area contributed by atoms with E-state index in [1.165, 1.54) is 16.3 Å². The van der Waals surface area contributed by atoms with Crippen LogP contribution in [0.3, 0.4) is 0 Å². The Morgan fingerprint density at radius 3 is 2.52 bits per heavy atom. The van der Waals surface area contributed by atoms with Crippen molar-refractivity contribution in [2.45, 2.75) is 26.7 Å². The number of pyridine rings is 1. The highest BCUT2D eigenvalue weighted by Crippen LogP contribution is 2.39. The molecule has 0 N–H and O–H groups in total. The third-order valence-electron chi connectivity index (χ3n) is 6.06. The van der Waals surface area contributed by atoms with Gasteiger partial charge < -0.3 is 4.42 Å². The van der Waals surface area contributed by atoms with E-state index >= 15 is 0 Å². The summed E-state index contributed by atoms with van der Waals surface area (Å²) < 4.78 is 6.25. The maximum Gasteiger partial charge on any atom is 0.227 e. The maximum absolute atomic E-state index is 6.25. The molecule has 0 aliphatic carbocycles. The van der Waals surface area contributed by atoms with E-state index in [1.54, 1.807) is 6.33 Å². The van der Waals surface area contributed by atoms with Crippen LogP contribution in [0.4, 0.5) is 0 Å². The summed E-state index contributed by atoms with van der Waals surface area (Å²) in [5.41, 5.74) is 6.53. The molecule has 0 saturated heterocycles. The average molecular weight is 403 g/mol. The predicted octanol–water partition coefficient (Wildman–Crippen LogP) is 7.18. The smallest absolute Gasteiger partial charge is 0.227 e. The molecular weight excluding hydrogens is 382 g/mol. The van der Waals surface area contributed by atoms with Gasteiger partial charge in [-0.15, -0.1) is 0 Å². The molecule has 4 nitrogen and oxygen atoms in total. The van der Waals surface area contributed by atoms with Crippen molar-refractivity contribution in [3.63, 3.8) is 0 Å². The molecule has 6 aromatic rings. The van der Waals surface area contributed by atoms with Crippen molar-refractivity contribution >= 4 is 43.7 Å². The van der Waals surface area contributed by atoms with E-state index in [-0.39, 0.29) is 0 Å². The van der Waals surface area contributed by atoms with Crippen LogP contribution in [0.5, 0.6) is 0 Å². The van der Waals surface area contributed by atoms with Crippen molar-refractivity contribution in [3.05, 3.63) is 78.2 Å². The zero-order chi connectivity index (χ0) is 21.1. The van der Waals surface area contributed by atoms with Gasteiger partial charge in [-0.05, 0) is 48.1 Å². The molecule has 31 heavy (non-hydrogen) atoms. The Bertz CT molecular complexity index is 1630. The highest BCUT2D eigenvalue weighted by atomic mass is 16.3. The van der Waals surface area contributed by atoms with Gasteiger partial charge in [0.15, 0.2) is 0 Å². The van der Waals surface area contributed by atoms with Crippen LogP contribution >= 0.6 is 0 Å². The number of furan rings is 1. The summed E-state index contributed by atoms with van der Waals surface area (Å²) in [6, 6.07) is 21.1. The average Bonchev–Trinajstić information content (AvgIpc) is 3.15. The third kappa shape index (κ3) is 2.65. The summed E-state index contributed by atoms with van der Waals surface area (Å²) >= 11 is 0. The minimum Gasteiger partial charge on any atom is -0.437 e. The molecule has 3 heterocycles. The first-order valence-electron chi connectivity index (χ1n) is 10.6. The predicted molar refractivity (Wildman–Crippen MR) is 126 cm³/mol. The first-order chi connectivity index (χ1) is 15.1. The number of rotatable bonds is 2. The summed E-state index contributed by atoms with van der Waals surface area (Å²) in [6.07, 6.45) is 1.66. The number of aryl methyl sites for hydroxylation is 1. The van der Waals surface area contributed by atoms with Crippen LogP contribution in [-0.2, 0) is 0 Å². The van der Waals surface area contributed by atoms with Gasteiger partial charge in [0.05, 0.1) is 11.2 Å². The lowest BCUT2D eigenvalue weighted by molar-refractivity contribution is 0.653. The second-order valence-electron chi connectivity index (χ2n) is 8.37. The van der Waals surface area contributed by atoms with Crippen LogP contribution < -0.4 is 0 Å². The van der Waals surface area contributed by atoms with Crippen LogP contribution in [0.15, 0.2) is 71.4 Å². The van der Waals surface area contributed by atoms with E-state index in [0.717, 1.165) is 44.2 Å². The summed E-state index contributed by atoms with van der Waals surface area (Å²) in [7, 11) is 0. The van der Waals surface area contributed by atoms with Crippen LogP contribution in [0.2, 0.25) is 0 Å². The molecule has 3 aromatic heterocycles. The molecule has 0 spiro atoms. The summed E-state index contributed by atoms with van der Waals surface area (Å²) in [4.78, 5) is 14.0. The van der Waals surface area contributed by atoms with Crippen LogP contribution in [0.25, 0.3) is 55.0 Å². The largest absolute Gasteiger partial charge is 0.437 e. The molecule has 0 atom stereocenters. The third-order valence-corrected chi connectivity index (χ3v) is 6.06. The SMILES string of the molecule is Cc1ccc2c(n1)oc1c(-c3ncnc4c3ccc3cccc(C(C)C)c34)cccc12. The number of benzene rings is 3. The second kappa shape index (κ2) is 6.61. The minimum atomic E-state index is 0.404. The first kappa shape index (κ1) is 18.0. The van der Waals surface area contributed by atoms with Crippen molar-refractivity contribution in [1.29, 1.82) is 0 Å². The number of nitrogens with zero attached hydrogens (tertiary/aromatic N) is 3. The topological polar surface area (TPSA) is 51.8 Å².